The molecule has 0 amide bonds. The van der Waals surface area contributed by atoms with Crippen molar-refractivity contribution in [1.82, 2.24) is 9.78 Å². The summed E-state index contributed by atoms with van der Waals surface area (Å²) in [5.41, 5.74) is 2.51. The predicted molar refractivity (Wildman–Crippen MR) is 84.0 cm³/mol. The van der Waals surface area contributed by atoms with Crippen molar-refractivity contribution in [3.63, 3.8) is 0 Å². The number of carbonyl (C=O) groups excluding carboxylic acids is 1. The maximum Gasteiger partial charge on any atom is 0.338 e. The lowest BCUT2D eigenvalue weighted by atomic mass is 9.93. The van der Waals surface area contributed by atoms with E-state index in [0.717, 1.165) is 11.1 Å². The van der Waals surface area contributed by atoms with E-state index in [9.17, 15) is 4.79 Å². The number of hydrogen-bond acceptors (Lipinski definition) is 4. The maximum atomic E-state index is 12.2. The molecule has 0 spiro atoms. The molecule has 0 unspecified atom stereocenters. The average Bonchev–Trinajstić information content (AvgIpc) is 2.90. The van der Waals surface area contributed by atoms with Crippen LogP contribution in [0.4, 0.5) is 0 Å². The minimum atomic E-state index is -0.315. The van der Waals surface area contributed by atoms with Crippen LogP contribution >= 0.6 is 0 Å². The predicted octanol–water partition coefficient (Wildman–Crippen LogP) is 3.30. The van der Waals surface area contributed by atoms with E-state index >= 15 is 0 Å². The number of ether oxygens (including phenoxy) is 2. The molecule has 0 saturated carbocycles. The Morgan fingerprint density at radius 1 is 1.32 bits per heavy atom. The van der Waals surface area contributed by atoms with Gasteiger partial charge in [-0.05, 0) is 24.5 Å². The zero-order valence-electron chi connectivity index (χ0n) is 13.5. The van der Waals surface area contributed by atoms with Gasteiger partial charge in [0.1, 0.15) is 6.61 Å². The van der Waals surface area contributed by atoms with Crippen LogP contribution in [0.2, 0.25) is 0 Å². The van der Waals surface area contributed by atoms with Crippen molar-refractivity contribution in [2.75, 3.05) is 6.61 Å². The summed E-state index contributed by atoms with van der Waals surface area (Å²) in [5, 5.41) is 4.19. The van der Waals surface area contributed by atoms with Gasteiger partial charge in [0, 0.05) is 24.9 Å². The Labute approximate surface area is 130 Å². The van der Waals surface area contributed by atoms with Crippen molar-refractivity contribution in [1.29, 1.82) is 0 Å². The lowest BCUT2D eigenvalue weighted by Crippen LogP contribution is -2.13. The third-order valence-corrected chi connectivity index (χ3v) is 3.38. The van der Waals surface area contributed by atoms with Gasteiger partial charge >= 0.3 is 5.97 Å². The molecule has 1 aromatic heterocycles. The Morgan fingerprint density at radius 3 is 2.68 bits per heavy atom. The van der Waals surface area contributed by atoms with Gasteiger partial charge in [0.15, 0.2) is 0 Å². The number of hydrogen-bond donors (Lipinski definition) is 0. The summed E-state index contributed by atoms with van der Waals surface area (Å²) in [6.07, 6.45) is 1.82. The number of benzene rings is 1. The molecular weight excluding hydrogens is 280 g/mol. The molecule has 1 aromatic carbocycles. The fourth-order valence-corrected chi connectivity index (χ4v) is 2.32. The first kappa shape index (κ1) is 16.1. The van der Waals surface area contributed by atoms with Crippen molar-refractivity contribution in [3.05, 3.63) is 47.2 Å². The molecular formula is C17H22N2O3. The molecule has 0 fully saturated rings. The third-order valence-electron chi connectivity index (χ3n) is 3.38. The van der Waals surface area contributed by atoms with Gasteiger partial charge in [0.05, 0.1) is 12.2 Å². The highest BCUT2D eigenvalue weighted by molar-refractivity contribution is 5.91. The van der Waals surface area contributed by atoms with Gasteiger partial charge in [0.25, 0.3) is 0 Å². The van der Waals surface area contributed by atoms with E-state index in [1.807, 2.05) is 25.4 Å². The second kappa shape index (κ2) is 7.11. The average molecular weight is 302 g/mol. The summed E-state index contributed by atoms with van der Waals surface area (Å²) < 4.78 is 12.6. The Balaban J connectivity index is 2.30. The van der Waals surface area contributed by atoms with Crippen LogP contribution in [0.3, 0.4) is 0 Å². The SMILES string of the molecule is CCOC(=O)c1cccc(C(C)C)c1COc1ccn(C)n1. The Morgan fingerprint density at radius 2 is 2.09 bits per heavy atom. The summed E-state index contributed by atoms with van der Waals surface area (Å²) in [6, 6.07) is 7.47. The van der Waals surface area contributed by atoms with E-state index < -0.39 is 0 Å². The smallest absolute Gasteiger partial charge is 0.338 e. The number of rotatable bonds is 6. The van der Waals surface area contributed by atoms with Crippen LogP contribution in [0.15, 0.2) is 30.5 Å². The summed E-state index contributed by atoms with van der Waals surface area (Å²) in [5.74, 6) is 0.511. The molecule has 5 nitrogen and oxygen atoms in total. The lowest BCUT2D eigenvalue weighted by molar-refractivity contribution is 0.0523. The molecule has 2 rings (SSSR count). The van der Waals surface area contributed by atoms with Crippen LogP contribution in [0, 0.1) is 0 Å². The highest BCUT2D eigenvalue weighted by Crippen LogP contribution is 2.25. The van der Waals surface area contributed by atoms with Crippen molar-refractivity contribution in [3.8, 4) is 5.88 Å². The van der Waals surface area contributed by atoms with E-state index in [1.165, 1.54) is 0 Å². The standard InChI is InChI=1S/C17H22N2O3/c1-5-21-17(20)14-8-6-7-13(12(2)3)15(14)11-22-16-9-10-19(4)18-16/h6-10,12H,5,11H2,1-4H3. The fraction of sp³-hybridized carbons (Fsp3) is 0.412. The van der Waals surface area contributed by atoms with Crippen LogP contribution in [0.5, 0.6) is 5.88 Å². The lowest BCUT2D eigenvalue weighted by Gasteiger charge is -2.16. The summed E-state index contributed by atoms with van der Waals surface area (Å²) in [4.78, 5) is 12.2. The Kier molecular flexibility index (Phi) is 5.20. The first-order valence-electron chi connectivity index (χ1n) is 7.44. The topological polar surface area (TPSA) is 53.4 Å². The van der Waals surface area contributed by atoms with Gasteiger partial charge in [-0.15, -0.1) is 5.10 Å². The van der Waals surface area contributed by atoms with Crippen molar-refractivity contribution >= 4 is 5.97 Å². The van der Waals surface area contributed by atoms with Crippen LogP contribution in [-0.2, 0) is 18.4 Å². The number of nitrogens with zero attached hydrogens (tertiary/aromatic N) is 2. The normalized spacial score (nSPS) is 10.8. The first-order valence-corrected chi connectivity index (χ1v) is 7.44. The largest absolute Gasteiger partial charge is 0.472 e. The van der Waals surface area contributed by atoms with Crippen LogP contribution in [0.25, 0.3) is 0 Å². The third kappa shape index (κ3) is 3.67. The number of carbonyl (C=O) groups is 1. The van der Waals surface area contributed by atoms with Gasteiger partial charge in [0.2, 0.25) is 5.88 Å². The fourth-order valence-electron chi connectivity index (χ4n) is 2.32. The maximum absolute atomic E-state index is 12.2. The van der Waals surface area contributed by atoms with Crippen molar-refractivity contribution in [2.45, 2.75) is 33.3 Å². The van der Waals surface area contributed by atoms with E-state index in [1.54, 1.807) is 23.7 Å². The van der Waals surface area contributed by atoms with Gasteiger partial charge in [-0.3, -0.25) is 4.68 Å². The van der Waals surface area contributed by atoms with Gasteiger partial charge in [-0.2, -0.15) is 0 Å². The van der Waals surface area contributed by atoms with Crippen molar-refractivity contribution in [2.24, 2.45) is 7.05 Å². The van der Waals surface area contributed by atoms with Gasteiger partial charge < -0.3 is 9.47 Å². The van der Waals surface area contributed by atoms with E-state index in [2.05, 4.69) is 18.9 Å². The molecule has 0 aliphatic carbocycles. The number of aryl methyl sites for hydroxylation is 1. The highest BCUT2D eigenvalue weighted by Gasteiger charge is 2.18. The molecule has 2 aromatic rings. The zero-order chi connectivity index (χ0) is 16.1. The zero-order valence-corrected chi connectivity index (χ0v) is 13.5. The van der Waals surface area contributed by atoms with E-state index in [-0.39, 0.29) is 11.9 Å². The molecule has 0 saturated heterocycles. The van der Waals surface area contributed by atoms with E-state index in [0.29, 0.717) is 24.7 Å². The molecule has 0 N–H and O–H groups in total. The second-order valence-electron chi connectivity index (χ2n) is 5.36. The molecule has 1 heterocycles. The van der Waals surface area contributed by atoms with Gasteiger partial charge in [-0.1, -0.05) is 26.0 Å². The number of esters is 1. The van der Waals surface area contributed by atoms with Crippen LogP contribution < -0.4 is 4.74 Å². The van der Waals surface area contributed by atoms with Crippen molar-refractivity contribution < 1.29 is 14.3 Å². The van der Waals surface area contributed by atoms with E-state index in [4.69, 9.17) is 9.47 Å². The summed E-state index contributed by atoms with van der Waals surface area (Å²) in [6.45, 7) is 6.63. The molecule has 118 valence electrons. The van der Waals surface area contributed by atoms with Gasteiger partial charge in [-0.25, -0.2) is 4.79 Å². The monoisotopic (exact) mass is 302 g/mol. The Hall–Kier alpha value is -2.30. The molecule has 22 heavy (non-hydrogen) atoms. The highest BCUT2D eigenvalue weighted by atomic mass is 16.5. The molecule has 0 aliphatic heterocycles. The quantitative estimate of drug-likeness (QED) is 0.768. The van der Waals surface area contributed by atoms with Crippen LogP contribution in [0.1, 0.15) is 48.2 Å². The summed E-state index contributed by atoms with van der Waals surface area (Å²) in [7, 11) is 1.83. The minimum absolute atomic E-state index is 0.289. The second-order valence-corrected chi connectivity index (χ2v) is 5.36. The Bertz CT molecular complexity index is 647. The van der Waals surface area contributed by atoms with Crippen LogP contribution in [-0.4, -0.2) is 22.4 Å². The molecule has 0 bridgehead atoms. The summed E-state index contributed by atoms with van der Waals surface area (Å²) >= 11 is 0. The molecule has 0 radical (unpaired) electrons. The molecule has 0 atom stereocenters. The molecule has 5 heteroatoms. The molecule has 0 aliphatic rings. The first-order chi connectivity index (χ1) is 10.5. The minimum Gasteiger partial charge on any atom is -0.472 e. The number of aromatic nitrogens is 2.